The number of carbonyl (C=O) groups is 8. The van der Waals surface area contributed by atoms with E-state index in [2.05, 4.69) is 202 Å². The molecule has 0 spiro atoms. The van der Waals surface area contributed by atoms with Crippen LogP contribution in [0.25, 0.3) is 0 Å². The lowest BCUT2D eigenvalue weighted by Crippen LogP contribution is -2.13. The van der Waals surface area contributed by atoms with Gasteiger partial charge in [-0.25, -0.2) is 19.9 Å². The molecule has 0 aliphatic heterocycles. The monoisotopic (exact) mass is 1740 g/mol. The molecule has 8 atom stereocenters. The van der Waals surface area contributed by atoms with E-state index in [1.165, 1.54) is 44.6 Å². The summed E-state index contributed by atoms with van der Waals surface area (Å²) in [5, 5.41) is 0. The Morgan fingerprint density at radius 3 is 0.594 bits per heavy atom. The molecule has 8 heterocycles. The zero-order valence-electron chi connectivity index (χ0n) is 82.9. The molecule has 0 aliphatic rings. The quantitative estimate of drug-likeness (QED) is 0.0280. The Labute approximate surface area is 768 Å². The lowest BCUT2D eigenvalue weighted by molar-refractivity contribution is 0.0935. The average Bonchev–Trinajstić information content (AvgIpc) is 0.918. The van der Waals surface area contributed by atoms with Gasteiger partial charge in [-0.1, -0.05) is 271 Å². The number of nitrogens with zero attached hydrogens (tertiary/aromatic N) is 10. The standard InChI is InChI=1S/6C14H19NO.2C13H18N2O/c2*1-10(2)11(3)9-12(4)14(16)13-5-7-15-8-6-13;2*1-10(2)11(3)8-12(4)14(16)13-6-5-7-15-9-13;2*1-10(2)11(3)9-12(4)14(16)13-7-5-6-8-15-13;2*1-9(2)10(3)8-11(4)12(16)13-14-6-5-7-15-13/h6*5-10,12H,1-4H3;2*5-9,11H,1-4H3/b2*11-9+;2*11-8+;2*11-9+;2*10-8+/t6*12-;2*11-/m10101010/s1. The van der Waals surface area contributed by atoms with E-state index in [1.54, 1.807) is 147 Å². The van der Waals surface area contributed by atoms with E-state index in [0.717, 1.165) is 11.1 Å². The van der Waals surface area contributed by atoms with E-state index < -0.39 is 0 Å². The minimum atomic E-state index is -0.162. The van der Waals surface area contributed by atoms with Crippen LogP contribution >= 0.6 is 0 Å². The number of ketones is 8. The average molecular weight is 1740 g/mol. The van der Waals surface area contributed by atoms with Crippen LogP contribution in [0.2, 0.25) is 0 Å². The van der Waals surface area contributed by atoms with Crippen LogP contribution in [0.15, 0.2) is 277 Å². The molecule has 0 unspecified atom stereocenters. The van der Waals surface area contributed by atoms with Gasteiger partial charge in [0.1, 0.15) is 11.4 Å². The minimum absolute atomic E-state index is 0.0272. The molecule has 0 aromatic carbocycles. The van der Waals surface area contributed by atoms with Crippen molar-refractivity contribution in [3.05, 3.63) is 322 Å². The lowest BCUT2D eigenvalue weighted by atomic mass is 9.94. The van der Waals surface area contributed by atoms with Crippen molar-refractivity contribution in [2.45, 2.75) is 222 Å². The number of pyridine rings is 6. The molecule has 0 saturated heterocycles. The van der Waals surface area contributed by atoms with Crippen molar-refractivity contribution in [2.75, 3.05) is 0 Å². The van der Waals surface area contributed by atoms with Gasteiger partial charge in [0.25, 0.3) is 0 Å². The molecule has 688 valence electrons. The highest BCUT2D eigenvalue weighted by atomic mass is 16.2. The summed E-state index contributed by atoms with van der Waals surface area (Å²) in [4.78, 5) is 136. The van der Waals surface area contributed by atoms with Gasteiger partial charge in [-0.15, -0.1) is 0 Å². The van der Waals surface area contributed by atoms with Crippen LogP contribution in [-0.2, 0) is 0 Å². The molecule has 0 amide bonds. The fourth-order valence-electron chi connectivity index (χ4n) is 11.1. The van der Waals surface area contributed by atoms with Crippen LogP contribution in [0, 0.1) is 94.7 Å². The molecule has 0 saturated carbocycles. The maximum absolute atomic E-state index is 12.0. The van der Waals surface area contributed by atoms with Gasteiger partial charge >= 0.3 is 0 Å². The molecule has 8 rings (SSSR count). The maximum atomic E-state index is 12.0. The van der Waals surface area contributed by atoms with Gasteiger partial charge in [0.05, 0.1) is 0 Å². The van der Waals surface area contributed by atoms with Crippen molar-refractivity contribution in [3.63, 3.8) is 0 Å². The number of hydrogen-bond acceptors (Lipinski definition) is 18. The van der Waals surface area contributed by atoms with Crippen molar-refractivity contribution in [1.29, 1.82) is 0 Å². The van der Waals surface area contributed by atoms with Crippen molar-refractivity contribution in [2.24, 2.45) is 94.7 Å². The topological polar surface area (TPSA) is 265 Å². The SMILES string of the molecule is C/C(=C\[C@@H](C)C(=O)c1ccccn1)C(C)C.C/C(=C\[C@@H](C)C(=O)c1cccnc1)C(C)C.C/C(=C\[C@@H](C)C(=O)c1ccncc1)C(C)C.C/C(=C\[C@@H](C)C(=O)c1ncccn1)C(C)C.C/C(=C\[C@H](C)C(=O)c1ccccn1)C(C)C.C/C(=C\[C@H](C)C(=O)c1cccnc1)C(C)C.C/C(=C\[C@H](C)C(=O)c1ccncc1)C(C)C.C/C(=C\[C@H](C)C(=O)c1ncccn1)C(C)C. The van der Waals surface area contributed by atoms with Gasteiger partial charge in [0.2, 0.25) is 11.6 Å². The Hall–Kier alpha value is -11.7. The third-order valence-corrected chi connectivity index (χ3v) is 21.9. The molecule has 0 aliphatic carbocycles. The number of aromatic nitrogens is 10. The van der Waals surface area contributed by atoms with E-state index in [4.69, 9.17) is 0 Å². The molecule has 0 fully saturated rings. The number of carbonyl (C=O) groups excluding carboxylic acids is 8. The van der Waals surface area contributed by atoms with Crippen molar-refractivity contribution in [3.8, 4) is 0 Å². The molecular formula is C110H150N10O8. The van der Waals surface area contributed by atoms with Crippen molar-refractivity contribution >= 4 is 46.3 Å². The summed E-state index contributed by atoms with van der Waals surface area (Å²) in [6.07, 6.45) is 39.1. The first-order valence-electron chi connectivity index (χ1n) is 44.9. The third-order valence-electron chi connectivity index (χ3n) is 21.9. The zero-order valence-corrected chi connectivity index (χ0v) is 82.9. The van der Waals surface area contributed by atoms with Crippen molar-refractivity contribution < 1.29 is 38.4 Å². The van der Waals surface area contributed by atoms with E-state index >= 15 is 0 Å². The first kappa shape index (κ1) is 114. The molecule has 8 aromatic heterocycles. The largest absolute Gasteiger partial charge is 0.294 e. The number of hydrogen-bond donors (Lipinski definition) is 0. The van der Waals surface area contributed by atoms with Gasteiger partial charge in [-0.2, -0.15) is 0 Å². The van der Waals surface area contributed by atoms with Gasteiger partial charge in [0, 0.05) is 156 Å². The Morgan fingerprint density at radius 2 is 0.398 bits per heavy atom. The number of Topliss-reactive ketones (excluding diaryl/α,β-unsaturated/α-hetero) is 8. The summed E-state index contributed by atoms with van der Waals surface area (Å²) in [5.74, 6) is 4.33. The normalized spacial score (nSPS) is 13.9. The van der Waals surface area contributed by atoms with Crippen molar-refractivity contribution in [1.82, 2.24) is 49.8 Å². The molecule has 18 nitrogen and oxygen atoms in total. The fraction of sp³-hybridized carbons (Fsp3) is 0.436. The van der Waals surface area contributed by atoms with E-state index in [9.17, 15) is 38.4 Å². The van der Waals surface area contributed by atoms with Crippen LogP contribution in [-0.4, -0.2) is 96.1 Å². The Morgan fingerprint density at radius 1 is 0.195 bits per heavy atom. The first-order chi connectivity index (χ1) is 60.2. The second-order valence-electron chi connectivity index (χ2n) is 35.3. The predicted molar refractivity (Wildman–Crippen MR) is 526 cm³/mol. The number of allylic oxidation sites excluding steroid dienone is 16. The highest BCUT2D eigenvalue weighted by Crippen LogP contribution is 2.24. The highest BCUT2D eigenvalue weighted by Gasteiger charge is 2.22. The lowest BCUT2D eigenvalue weighted by Gasteiger charge is -2.10. The Balaban J connectivity index is 0.000000731. The summed E-state index contributed by atoms with van der Waals surface area (Å²) in [7, 11) is 0. The summed E-state index contributed by atoms with van der Waals surface area (Å²) in [6.45, 7) is 65.9. The van der Waals surface area contributed by atoms with Crippen LogP contribution in [0.1, 0.15) is 305 Å². The zero-order chi connectivity index (χ0) is 97.0. The summed E-state index contributed by atoms with van der Waals surface area (Å²) < 4.78 is 0. The fourth-order valence-corrected chi connectivity index (χ4v) is 11.1. The molecule has 0 bridgehead atoms. The van der Waals surface area contributed by atoms with E-state index in [1.807, 2.05) is 154 Å². The minimum Gasteiger partial charge on any atom is -0.294 e. The van der Waals surface area contributed by atoms with Crippen LogP contribution in [0.5, 0.6) is 0 Å². The predicted octanol–water partition coefficient (Wildman–Crippen LogP) is 26.8. The van der Waals surface area contributed by atoms with Gasteiger partial charge < -0.3 is 0 Å². The van der Waals surface area contributed by atoms with Gasteiger partial charge in [-0.05, 0) is 188 Å². The van der Waals surface area contributed by atoms with E-state index in [-0.39, 0.29) is 93.6 Å². The molecule has 0 N–H and O–H groups in total. The van der Waals surface area contributed by atoms with Crippen LogP contribution in [0.3, 0.4) is 0 Å². The van der Waals surface area contributed by atoms with Crippen LogP contribution < -0.4 is 0 Å². The van der Waals surface area contributed by atoms with E-state index in [0.29, 0.717) is 81.5 Å². The molecule has 0 radical (unpaired) electrons. The smallest absolute Gasteiger partial charge is 0.206 e. The number of rotatable bonds is 32. The highest BCUT2D eigenvalue weighted by molar-refractivity contribution is 6.01. The summed E-state index contributed by atoms with van der Waals surface area (Å²) in [6, 6.07) is 28.5. The molecule has 128 heavy (non-hydrogen) atoms. The molecule has 18 heteroatoms. The first-order valence-corrected chi connectivity index (χ1v) is 44.9. The second-order valence-corrected chi connectivity index (χ2v) is 35.3. The van der Waals surface area contributed by atoms with Gasteiger partial charge in [-0.3, -0.25) is 68.3 Å². The second kappa shape index (κ2) is 61.7. The summed E-state index contributed by atoms with van der Waals surface area (Å²) >= 11 is 0. The Bertz CT molecular complexity index is 3970. The molecule has 8 aromatic rings. The summed E-state index contributed by atoms with van der Waals surface area (Å²) in [5.41, 5.74) is 13.9. The van der Waals surface area contributed by atoms with Crippen LogP contribution in [0.4, 0.5) is 0 Å². The maximum Gasteiger partial charge on any atom is 0.206 e. The van der Waals surface area contributed by atoms with Gasteiger partial charge in [0.15, 0.2) is 46.3 Å². The third kappa shape index (κ3) is 45.2. The molecular weight excluding hydrogens is 1590 g/mol. The Kier molecular flexibility index (Phi) is 55.1.